The number of anilines is 1. The summed E-state index contributed by atoms with van der Waals surface area (Å²) in [5.41, 5.74) is 0.797. The number of hydrogen-bond acceptors (Lipinski definition) is 5. The van der Waals surface area contributed by atoms with Gasteiger partial charge in [-0.25, -0.2) is 0 Å². The summed E-state index contributed by atoms with van der Waals surface area (Å²) in [5.74, 6) is 1.45. The van der Waals surface area contributed by atoms with E-state index in [1.54, 1.807) is 35.2 Å². The molecule has 1 N–H and O–H groups in total. The van der Waals surface area contributed by atoms with Gasteiger partial charge in [-0.2, -0.15) is 11.8 Å². The van der Waals surface area contributed by atoms with Crippen LogP contribution in [0.15, 0.2) is 35.7 Å². The van der Waals surface area contributed by atoms with Crippen molar-refractivity contribution < 1.29 is 14.4 Å². The molecule has 0 spiro atoms. The third-order valence-electron chi connectivity index (χ3n) is 5.33. The number of hydrogen-bond donors (Lipinski definition) is 1. The van der Waals surface area contributed by atoms with Crippen molar-refractivity contribution in [3.05, 3.63) is 51.2 Å². The van der Waals surface area contributed by atoms with Crippen LogP contribution in [0, 0.1) is 0 Å². The minimum Gasteiger partial charge on any atom is -0.339 e. The highest BCUT2D eigenvalue weighted by Crippen LogP contribution is 2.28. The van der Waals surface area contributed by atoms with Crippen LogP contribution in [0.1, 0.15) is 32.9 Å². The predicted molar refractivity (Wildman–Crippen MR) is 122 cm³/mol. The fourth-order valence-electron chi connectivity index (χ4n) is 3.77. The highest BCUT2D eigenvalue weighted by Gasteiger charge is 2.37. The predicted octanol–water partition coefficient (Wildman–Crippen LogP) is 3.83. The van der Waals surface area contributed by atoms with Crippen molar-refractivity contribution in [3.63, 3.8) is 0 Å². The monoisotopic (exact) mass is 463 g/mol. The molecule has 2 saturated heterocycles. The number of thiophene rings is 1. The number of nitrogens with zero attached hydrogens (tertiary/aromatic N) is 2. The molecule has 2 aliphatic rings. The topological polar surface area (TPSA) is 69.7 Å². The fourth-order valence-corrected chi connectivity index (χ4v) is 5.46. The summed E-state index contributed by atoms with van der Waals surface area (Å²) < 4.78 is 0. The maximum absolute atomic E-state index is 13.2. The first-order valence-electron chi connectivity index (χ1n) is 9.86. The van der Waals surface area contributed by atoms with Crippen molar-refractivity contribution in [2.75, 3.05) is 36.5 Å². The molecule has 158 valence electrons. The highest BCUT2D eigenvalue weighted by atomic mass is 35.5. The summed E-state index contributed by atoms with van der Waals surface area (Å²) in [4.78, 5) is 42.7. The molecule has 1 aromatic heterocycles. The van der Waals surface area contributed by atoms with Gasteiger partial charge in [0.1, 0.15) is 6.04 Å². The summed E-state index contributed by atoms with van der Waals surface area (Å²) >= 11 is 9.43. The van der Waals surface area contributed by atoms with Crippen LogP contribution in [0.3, 0.4) is 0 Å². The average Bonchev–Trinajstić information content (AvgIpc) is 3.47. The quantitative estimate of drug-likeness (QED) is 0.748. The molecule has 0 radical (unpaired) electrons. The normalized spacial score (nSPS) is 19.0. The Morgan fingerprint density at radius 2 is 1.90 bits per heavy atom. The van der Waals surface area contributed by atoms with Gasteiger partial charge in [0.2, 0.25) is 5.91 Å². The van der Waals surface area contributed by atoms with E-state index < -0.39 is 6.04 Å². The van der Waals surface area contributed by atoms with Crippen molar-refractivity contribution in [2.24, 2.45) is 0 Å². The number of benzene rings is 1. The number of carbonyl (C=O) groups excluding carboxylic acids is 3. The van der Waals surface area contributed by atoms with E-state index in [0.717, 1.165) is 31.0 Å². The minimum atomic E-state index is -0.416. The molecule has 3 amide bonds. The molecule has 6 nitrogen and oxygen atoms in total. The molecule has 2 aromatic rings. The zero-order valence-electron chi connectivity index (χ0n) is 16.3. The van der Waals surface area contributed by atoms with E-state index in [9.17, 15) is 14.4 Å². The van der Waals surface area contributed by atoms with E-state index in [1.165, 1.54) is 11.3 Å². The number of thioether (sulfide) groups is 1. The van der Waals surface area contributed by atoms with E-state index in [2.05, 4.69) is 5.32 Å². The third-order valence-corrected chi connectivity index (χ3v) is 7.47. The van der Waals surface area contributed by atoms with E-state index in [1.807, 2.05) is 22.0 Å². The Morgan fingerprint density at radius 3 is 2.63 bits per heavy atom. The molecule has 0 bridgehead atoms. The SMILES string of the molecule is O=C(Nc1cc(C(=O)N2CCC[C@H]2C(=O)N2CCSCC2)ccc1Cl)c1cccs1. The number of amides is 3. The summed E-state index contributed by atoms with van der Waals surface area (Å²) in [7, 11) is 0. The average molecular weight is 464 g/mol. The first-order chi connectivity index (χ1) is 14.5. The molecule has 9 heteroatoms. The van der Waals surface area contributed by atoms with Crippen LogP contribution >= 0.6 is 34.7 Å². The molecule has 0 aliphatic carbocycles. The van der Waals surface area contributed by atoms with Crippen molar-refractivity contribution >= 4 is 58.1 Å². The summed E-state index contributed by atoms with van der Waals surface area (Å²) in [5, 5.41) is 4.95. The van der Waals surface area contributed by atoms with Crippen molar-refractivity contribution in [1.29, 1.82) is 0 Å². The summed E-state index contributed by atoms with van der Waals surface area (Å²) in [6.07, 6.45) is 1.49. The second-order valence-corrected chi connectivity index (χ2v) is 9.80. The molecular weight excluding hydrogens is 442 g/mol. The van der Waals surface area contributed by atoms with Gasteiger partial charge in [-0.1, -0.05) is 17.7 Å². The lowest BCUT2D eigenvalue weighted by Crippen LogP contribution is -2.50. The van der Waals surface area contributed by atoms with Crippen LogP contribution in [0.4, 0.5) is 5.69 Å². The highest BCUT2D eigenvalue weighted by molar-refractivity contribution is 7.99. The lowest BCUT2D eigenvalue weighted by molar-refractivity contribution is -0.134. The molecule has 2 fully saturated rings. The maximum Gasteiger partial charge on any atom is 0.265 e. The van der Waals surface area contributed by atoms with Gasteiger partial charge in [-0.05, 0) is 42.5 Å². The number of nitrogens with one attached hydrogen (secondary N) is 1. The molecule has 1 atom stereocenters. The van der Waals surface area contributed by atoms with Gasteiger partial charge in [0.15, 0.2) is 0 Å². The van der Waals surface area contributed by atoms with E-state index in [-0.39, 0.29) is 17.7 Å². The smallest absolute Gasteiger partial charge is 0.265 e. The number of likely N-dealkylation sites (tertiary alicyclic amines) is 1. The van der Waals surface area contributed by atoms with Gasteiger partial charge in [0, 0.05) is 36.7 Å². The lowest BCUT2D eigenvalue weighted by Gasteiger charge is -2.32. The summed E-state index contributed by atoms with van der Waals surface area (Å²) in [6, 6.07) is 7.94. The van der Waals surface area contributed by atoms with Gasteiger partial charge in [0.05, 0.1) is 15.6 Å². The number of halogens is 1. The Hall–Kier alpha value is -2.03. The Balaban J connectivity index is 1.50. The lowest BCUT2D eigenvalue weighted by atomic mass is 10.1. The van der Waals surface area contributed by atoms with Crippen LogP contribution in [0.25, 0.3) is 0 Å². The van der Waals surface area contributed by atoms with Gasteiger partial charge < -0.3 is 15.1 Å². The van der Waals surface area contributed by atoms with Crippen LogP contribution < -0.4 is 5.32 Å². The van der Waals surface area contributed by atoms with Crippen LogP contribution in [0.5, 0.6) is 0 Å². The summed E-state index contributed by atoms with van der Waals surface area (Å²) in [6.45, 7) is 2.03. The van der Waals surface area contributed by atoms with Crippen LogP contribution in [0.2, 0.25) is 5.02 Å². The van der Waals surface area contributed by atoms with E-state index >= 15 is 0 Å². The van der Waals surface area contributed by atoms with Gasteiger partial charge in [0.25, 0.3) is 11.8 Å². The first kappa shape index (κ1) is 21.2. The van der Waals surface area contributed by atoms with Crippen molar-refractivity contribution in [3.8, 4) is 0 Å². The Labute approximate surface area is 188 Å². The Bertz CT molecular complexity index is 945. The first-order valence-corrected chi connectivity index (χ1v) is 12.3. The minimum absolute atomic E-state index is 0.0429. The molecule has 30 heavy (non-hydrogen) atoms. The molecule has 0 unspecified atom stereocenters. The van der Waals surface area contributed by atoms with Gasteiger partial charge in [-0.3, -0.25) is 14.4 Å². The molecule has 0 saturated carbocycles. The number of carbonyl (C=O) groups is 3. The molecular formula is C21H22ClN3O3S2. The second-order valence-electron chi connectivity index (χ2n) is 7.22. The third kappa shape index (κ3) is 4.50. The van der Waals surface area contributed by atoms with Crippen LogP contribution in [-0.2, 0) is 4.79 Å². The fraction of sp³-hybridized carbons (Fsp3) is 0.381. The van der Waals surface area contributed by atoms with Gasteiger partial charge in [-0.15, -0.1) is 11.3 Å². The number of rotatable bonds is 4. The molecule has 1 aromatic carbocycles. The van der Waals surface area contributed by atoms with Gasteiger partial charge >= 0.3 is 0 Å². The van der Waals surface area contributed by atoms with Crippen molar-refractivity contribution in [1.82, 2.24) is 9.80 Å². The second kappa shape index (κ2) is 9.41. The molecule has 4 rings (SSSR count). The largest absolute Gasteiger partial charge is 0.339 e. The van der Waals surface area contributed by atoms with E-state index in [0.29, 0.717) is 34.1 Å². The molecule has 3 heterocycles. The molecule has 2 aliphatic heterocycles. The van der Waals surface area contributed by atoms with Crippen LogP contribution in [-0.4, -0.2) is 64.7 Å². The Kier molecular flexibility index (Phi) is 6.65. The zero-order chi connectivity index (χ0) is 21.1. The van der Waals surface area contributed by atoms with E-state index in [4.69, 9.17) is 11.6 Å². The Morgan fingerprint density at radius 1 is 1.10 bits per heavy atom. The maximum atomic E-state index is 13.2. The standard InChI is InChI=1S/C21H22ClN3O3S2/c22-15-6-5-14(13-16(15)23-19(26)18-4-2-10-30-18)20(27)25-7-1-3-17(25)21(28)24-8-11-29-12-9-24/h2,4-6,10,13,17H,1,3,7-9,11-12H2,(H,23,26)/t17-/m0/s1. The van der Waals surface area contributed by atoms with Crippen molar-refractivity contribution in [2.45, 2.75) is 18.9 Å². The zero-order valence-corrected chi connectivity index (χ0v) is 18.7.